The Kier molecular flexibility index (Phi) is 6.76. The fraction of sp³-hybridized carbons (Fsp3) is 0.306. The molecule has 4 nitrogen and oxygen atoms in total. The summed E-state index contributed by atoms with van der Waals surface area (Å²) in [5, 5.41) is 12.4. The van der Waals surface area contributed by atoms with E-state index in [1.807, 2.05) is 18.0 Å². The van der Waals surface area contributed by atoms with Crippen molar-refractivity contribution in [2.75, 3.05) is 0 Å². The molecule has 206 valence electrons. The van der Waals surface area contributed by atoms with Crippen molar-refractivity contribution >= 4 is 23.5 Å². The first kappa shape index (κ1) is 25.5. The molecule has 1 saturated heterocycles. The summed E-state index contributed by atoms with van der Waals surface area (Å²) in [6.07, 6.45) is 35.4. The highest BCUT2D eigenvalue weighted by molar-refractivity contribution is 8.00. The molecule has 3 heterocycles. The SMILES string of the molecule is C1=CCCC(C2NC(C3=CC=C(C4=CC=N4)C(C4=CCC5Sc6ccccc6C5=C4)C3)NC(C3C=CC=CC3)N2)=C1. The monoisotopic (exact) mass is 556 g/mol. The molecule has 0 saturated carbocycles. The van der Waals surface area contributed by atoms with E-state index in [4.69, 9.17) is 0 Å². The summed E-state index contributed by atoms with van der Waals surface area (Å²) < 4.78 is 0. The van der Waals surface area contributed by atoms with E-state index in [1.54, 1.807) is 0 Å². The highest BCUT2D eigenvalue weighted by Crippen LogP contribution is 2.50. The van der Waals surface area contributed by atoms with Crippen LogP contribution in [0.1, 0.15) is 37.7 Å². The first-order chi connectivity index (χ1) is 20.3. The molecule has 3 aliphatic heterocycles. The Hall–Kier alpha value is -3.22. The van der Waals surface area contributed by atoms with Gasteiger partial charge in [0, 0.05) is 28.2 Å². The number of rotatable bonds is 5. The van der Waals surface area contributed by atoms with Crippen LogP contribution >= 0.6 is 11.8 Å². The maximum absolute atomic E-state index is 4.64. The summed E-state index contributed by atoms with van der Waals surface area (Å²) >= 11 is 2.02. The normalized spacial score (nSPS) is 33.5. The van der Waals surface area contributed by atoms with Gasteiger partial charge in [-0.25, -0.2) is 0 Å². The molecule has 3 N–H and O–H groups in total. The first-order valence-corrected chi connectivity index (χ1v) is 16.0. The first-order valence-electron chi connectivity index (χ1n) is 15.1. The molecule has 1 fully saturated rings. The minimum absolute atomic E-state index is 0.101. The van der Waals surface area contributed by atoms with Crippen molar-refractivity contribution in [2.45, 2.75) is 60.7 Å². The molecule has 1 aromatic rings. The maximum atomic E-state index is 4.64. The molecule has 7 aliphatic rings. The smallest absolute Gasteiger partial charge is 0.0824 e. The Morgan fingerprint density at radius 1 is 0.829 bits per heavy atom. The van der Waals surface area contributed by atoms with Crippen LogP contribution in [0.25, 0.3) is 5.57 Å². The molecule has 1 aromatic carbocycles. The van der Waals surface area contributed by atoms with Crippen LogP contribution in [0.4, 0.5) is 0 Å². The van der Waals surface area contributed by atoms with Gasteiger partial charge in [0.05, 0.1) is 24.2 Å². The summed E-state index contributed by atoms with van der Waals surface area (Å²) in [5.41, 5.74) is 9.70. The summed E-state index contributed by atoms with van der Waals surface area (Å²) in [4.78, 5) is 6.06. The molecule has 0 radical (unpaired) electrons. The van der Waals surface area contributed by atoms with Crippen LogP contribution in [0, 0.1) is 11.8 Å². The van der Waals surface area contributed by atoms with Crippen LogP contribution in [-0.4, -0.2) is 30.0 Å². The van der Waals surface area contributed by atoms with E-state index in [-0.39, 0.29) is 18.5 Å². The third-order valence-electron chi connectivity index (χ3n) is 9.40. The van der Waals surface area contributed by atoms with Crippen molar-refractivity contribution in [3.8, 4) is 0 Å². The van der Waals surface area contributed by atoms with Crippen molar-refractivity contribution in [3.63, 3.8) is 0 Å². The van der Waals surface area contributed by atoms with Gasteiger partial charge in [-0.2, -0.15) is 0 Å². The van der Waals surface area contributed by atoms with Crippen LogP contribution in [0.3, 0.4) is 0 Å². The molecule has 0 bridgehead atoms. The van der Waals surface area contributed by atoms with Crippen LogP contribution < -0.4 is 16.0 Å². The molecule has 4 aliphatic carbocycles. The number of nitrogens with one attached hydrogen (secondary N) is 3. The van der Waals surface area contributed by atoms with Gasteiger partial charge in [0.15, 0.2) is 0 Å². The summed E-state index contributed by atoms with van der Waals surface area (Å²) in [7, 11) is 0. The summed E-state index contributed by atoms with van der Waals surface area (Å²) in [6.45, 7) is 0. The van der Waals surface area contributed by atoms with Gasteiger partial charge >= 0.3 is 0 Å². The Morgan fingerprint density at radius 3 is 2.54 bits per heavy atom. The Morgan fingerprint density at radius 2 is 1.73 bits per heavy atom. The van der Waals surface area contributed by atoms with Gasteiger partial charge in [-0.3, -0.25) is 20.9 Å². The van der Waals surface area contributed by atoms with Crippen molar-refractivity contribution in [1.82, 2.24) is 16.0 Å². The number of hydrogen-bond donors (Lipinski definition) is 3. The average Bonchev–Trinajstić information content (AvgIpc) is 3.39. The fourth-order valence-corrected chi connectivity index (χ4v) is 8.44. The molecular formula is C36H36N4S. The van der Waals surface area contributed by atoms with Crippen LogP contribution in [0.5, 0.6) is 0 Å². The Labute approximate surface area is 247 Å². The number of benzene rings is 1. The van der Waals surface area contributed by atoms with Crippen molar-refractivity contribution in [1.29, 1.82) is 0 Å². The molecule has 41 heavy (non-hydrogen) atoms. The lowest BCUT2D eigenvalue weighted by molar-refractivity contribution is 0.197. The van der Waals surface area contributed by atoms with Gasteiger partial charge in [-0.1, -0.05) is 85.0 Å². The zero-order valence-corrected chi connectivity index (χ0v) is 24.0. The second kappa shape index (κ2) is 10.9. The van der Waals surface area contributed by atoms with E-state index < -0.39 is 0 Å². The summed E-state index contributed by atoms with van der Waals surface area (Å²) in [5.74, 6) is 0.727. The van der Waals surface area contributed by atoms with E-state index in [0.29, 0.717) is 17.1 Å². The highest BCUT2D eigenvalue weighted by Gasteiger charge is 2.37. The van der Waals surface area contributed by atoms with Crippen molar-refractivity contribution in [2.24, 2.45) is 16.8 Å². The Balaban J connectivity index is 1.11. The molecule has 5 heteroatoms. The van der Waals surface area contributed by atoms with E-state index in [1.165, 1.54) is 38.3 Å². The van der Waals surface area contributed by atoms with Crippen molar-refractivity contribution < 1.29 is 0 Å². The fourth-order valence-electron chi connectivity index (χ4n) is 7.14. The second-order valence-corrected chi connectivity index (χ2v) is 13.1. The molecule has 6 atom stereocenters. The van der Waals surface area contributed by atoms with E-state index in [0.717, 1.165) is 37.8 Å². The third kappa shape index (κ3) is 4.85. The number of thioether (sulfide) groups is 1. The van der Waals surface area contributed by atoms with Gasteiger partial charge in [-0.05, 0) is 77.7 Å². The number of fused-ring (bicyclic) bond motifs is 3. The van der Waals surface area contributed by atoms with Gasteiger partial charge in [0.25, 0.3) is 0 Å². The second-order valence-electron chi connectivity index (χ2n) is 11.9. The predicted molar refractivity (Wildman–Crippen MR) is 171 cm³/mol. The predicted octanol–water partition coefficient (Wildman–Crippen LogP) is 6.88. The molecule has 0 amide bonds. The largest absolute Gasteiger partial charge is 0.282 e. The van der Waals surface area contributed by atoms with Gasteiger partial charge in [0.1, 0.15) is 0 Å². The Bertz CT molecular complexity index is 1560. The van der Waals surface area contributed by atoms with E-state index in [9.17, 15) is 0 Å². The highest BCUT2D eigenvalue weighted by atomic mass is 32.2. The van der Waals surface area contributed by atoms with Crippen molar-refractivity contribution in [3.05, 3.63) is 131 Å². The minimum Gasteiger partial charge on any atom is -0.282 e. The molecule has 8 rings (SSSR count). The van der Waals surface area contributed by atoms with Gasteiger partial charge in [-0.15, -0.1) is 11.8 Å². The van der Waals surface area contributed by atoms with E-state index in [2.05, 4.69) is 118 Å². The summed E-state index contributed by atoms with van der Waals surface area (Å²) in [6, 6.07) is 8.91. The minimum atomic E-state index is 0.101. The van der Waals surface area contributed by atoms with Crippen LogP contribution in [0.2, 0.25) is 0 Å². The average molecular weight is 557 g/mol. The number of nitrogens with zero attached hydrogens (tertiary/aromatic N) is 1. The van der Waals surface area contributed by atoms with Crippen LogP contribution in [0.15, 0.2) is 135 Å². The maximum Gasteiger partial charge on any atom is 0.0824 e. The quantitative estimate of drug-likeness (QED) is 0.370. The lowest BCUT2D eigenvalue weighted by Crippen LogP contribution is -2.69. The molecular weight excluding hydrogens is 520 g/mol. The number of hydrogen-bond acceptors (Lipinski definition) is 5. The van der Waals surface area contributed by atoms with Crippen LogP contribution in [-0.2, 0) is 0 Å². The zero-order chi connectivity index (χ0) is 27.2. The standard InChI is InChI=1S/C36H36N4S/c1-3-9-23(10-4-1)34-38-35(24-11-5-2-6-12-24)40-36(39-34)26-15-17-27(31-19-20-37-31)29(22-26)25-16-18-33-30(21-25)28-13-7-8-14-32(28)41-33/h1-5,7-9,11,13-17,19-21,23,29,33-36,38-40H,6,10,12,18,22H2. The van der Waals surface area contributed by atoms with E-state index >= 15 is 0 Å². The topological polar surface area (TPSA) is 48.5 Å². The molecule has 0 spiro atoms. The van der Waals surface area contributed by atoms with Gasteiger partial charge < -0.3 is 0 Å². The zero-order valence-electron chi connectivity index (χ0n) is 23.2. The third-order valence-corrected chi connectivity index (χ3v) is 10.7. The lowest BCUT2D eigenvalue weighted by Gasteiger charge is -2.44. The van der Waals surface area contributed by atoms with Gasteiger partial charge in [0.2, 0.25) is 0 Å². The number of aliphatic imine (C=N–C) groups is 1. The number of allylic oxidation sites excluding steroid dienone is 13. The lowest BCUT2D eigenvalue weighted by atomic mass is 9.76. The molecule has 0 aromatic heterocycles. The molecule has 6 unspecified atom stereocenters.